The van der Waals surface area contributed by atoms with Crippen LogP contribution in [0.2, 0.25) is 0 Å². The SMILES string of the molecule is CCCN(CCC)C(=O)NCc1ccccc1CC(=O)O. The van der Waals surface area contributed by atoms with Gasteiger partial charge in [-0.3, -0.25) is 4.79 Å². The van der Waals surface area contributed by atoms with Crippen molar-refractivity contribution in [2.24, 2.45) is 0 Å². The topological polar surface area (TPSA) is 69.6 Å². The molecular formula is C16H24N2O3. The van der Waals surface area contributed by atoms with Crippen LogP contribution in [0.4, 0.5) is 4.79 Å². The highest BCUT2D eigenvalue weighted by Crippen LogP contribution is 2.10. The second kappa shape index (κ2) is 9.00. The standard InChI is InChI=1S/C16H24N2O3/c1-3-9-18(10-4-2)16(21)17-12-14-8-6-5-7-13(14)11-15(19)20/h5-8H,3-4,9-12H2,1-2H3,(H,17,21)(H,19,20). The molecule has 0 aromatic heterocycles. The van der Waals surface area contributed by atoms with Gasteiger partial charge in [0.05, 0.1) is 6.42 Å². The monoisotopic (exact) mass is 292 g/mol. The minimum absolute atomic E-state index is 0.0281. The third kappa shape index (κ3) is 5.85. The van der Waals surface area contributed by atoms with Crippen LogP contribution in [-0.4, -0.2) is 35.1 Å². The normalized spacial score (nSPS) is 10.2. The van der Waals surface area contributed by atoms with Crippen LogP contribution in [0.3, 0.4) is 0 Å². The number of nitrogens with zero attached hydrogens (tertiary/aromatic N) is 1. The lowest BCUT2D eigenvalue weighted by Gasteiger charge is -2.22. The van der Waals surface area contributed by atoms with E-state index in [4.69, 9.17) is 5.11 Å². The zero-order valence-corrected chi connectivity index (χ0v) is 12.8. The molecule has 5 heteroatoms. The Kier molecular flexibility index (Phi) is 7.29. The molecule has 1 aromatic carbocycles. The molecule has 116 valence electrons. The fraction of sp³-hybridized carbons (Fsp3) is 0.500. The summed E-state index contributed by atoms with van der Waals surface area (Å²) in [5.41, 5.74) is 1.59. The van der Waals surface area contributed by atoms with Gasteiger partial charge in [0, 0.05) is 19.6 Å². The Labute approximate surface area is 126 Å². The molecule has 2 N–H and O–H groups in total. The molecule has 1 aromatic rings. The first kappa shape index (κ1) is 17.0. The van der Waals surface area contributed by atoms with Crippen LogP contribution in [0, 0.1) is 0 Å². The zero-order chi connectivity index (χ0) is 15.7. The summed E-state index contributed by atoms with van der Waals surface area (Å²) in [4.78, 5) is 24.8. The second-order valence-electron chi connectivity index (χ2n) is 4.98. The van der Waals surface area contributed by atoms with Gasteiger partial charge >= 0.3 is 12.0 Å². The van der Waals surface area contributed by atoms with Crippen molar-refractivity contribution >= 4 is 12.0 Å². The molecule has 0 fully saturated rings. The first-order valence-electron chi connectivity index (χ1n) is 7.39. The highest BCUT2D eigenvalue weighted by atomic mass is 16.4. The minimum atomic E-state index is -0.868. The Morgan fingerprint density at radius 2 is 1.67 bits per heavy atom. The van der Waals surface area contributed by atoms with Gasteiger partial charge in [-0.25, -0.2) is 4.79 Å². The lowest BCUT2D eigenvalue weighted by Crippen LogP contribution is -2.40. The van der Waals surface area contributed by atoms with E-state index in [0.29, 0.717) is 6.54 Å². The summed E-state index contributed by atoms with van der Waals surface area (Å²) >= 11 is 0. The largest absolute Gasteiger partial charge is 0.481 e. The molecule has 0 aliphatic rings. The minimum Gasteiger partial charge on any atom is -0.481 e. The quantitative estimate of drug-likeness (QED) is 0.774. The predicted molar refractivity (Wildman–Crippen MR) is 82.2 cm³/mol. The van der Waals surface area contributed by atoms with Gasteiger partial charge in [-0.1, -0.05) is 38.1 Å². The third-order valence-corrected chi connectivity index (χ3v) is 3.16. The molecule has 0 spiro atoms. The van der Waals surface area contributed by atoms with Crippen LogP contribution < -0.4 is 5.32 Å². The van der Waals surface area contributed by atoms with Gasteiger partial charge < -0.3 is 15.3 Å². The van der Waals surface area contributed by atoms with E-state index in [2.05, 4.69) is 5.32 Å². The molecule has 0 aliphatic carbocycles. The fourth-order valence-corrected chi connectivity index (χ4v) is 2.20. The number of hydrogen-bond acceptors (Lipinski definition) is 2. The lowest BCUT2D eigenvalue weighted by atomic mass is 10.0. The van der Waals surface area contributed by atoms with E-state index in [-0.39, 0.29) is 12.5 Å². The van der Waals surface area contributed by atoms with E-state index in [1.54, 1.807) is 11.0 Å². The number of rotatable bonds is 8. The number of carboxylic acid groups (broad SMARTS) is 1. The zero-order valence-electron chi connectivity index (χ0n) is 12.8. The molecule has 0 radical (unpaired) electrons. The Bertz CT molecular complexity index is 468. The van der Waals surface area contributed by atoms with Crippen LogP contribution in [0.25, 0.3) is 0 Å². The van der Waals surface area contributed by atoms with E-state index in [0.717, 1.165) is 37.1 Å². The number of benzene rings is 1. The highest BCUT2D eigenvalue weighted by Gasteiger charge is 2.12. The maximum Gasteiger partial charge on any atom is 0.317 e. The number of urea groups is 1. The summed E-state index contributed by atoms with van der Waals surface area (Å²) in [5, 5.41) is 11.8. The Morgan fingerprint density at radius 3 is 2.19 bits per heavy atom. The van der Waals surface area contributed by atoms with Crippen molar-refractivity contribution in [2.75, 3.05) is 13.1 Å². The summed E-state index contributed by atoms with van der Waals surface area (Å²) in [6.45, 7) is 5.90. The molecule has 1 rings (SSSR count). The number of amides is 2. The maximum atomic E-state index is 12.1. The van der Waals surface area contributed by atoms with Crippen molar-refractivity contribution in [3.05, 3.63) is 35.4 Å². The van der Waals surface area contributed by atoms with Crippen molar-refractivity contribution < 1.29 is 14.7 Å². The maximum absolute atomic E-state index is 12.1. The summed E-state index contributed by atoms with van der Waals surface area (Å²) in [5.74, 6) is -0.868. The molecule has 5 nitrogen and oxygen atoms in total. The van der Waals surface area contributed by atoms with Gasteiger partial charge in [-0.2, -0.15) is 0 Å². The van der Waals surface area contributed by atoms with Crippen LogP contribution >= 0.6 is 0 Å². The highest BCUT2D eigenvalue weighted by molar-refractivity contribution is 5.74. The molecule has 0 saturated carbocycles. The first-order chi connectivity index (χ1) is 10.1. The number of carbonyl (C=O) groups excluding carboxylic acids is 1. The fourth-order valence-electron chi connectivity index (χ4n) is 2.20. The average Bonchev–Trinajstić information content (AvgIpc) is 2.45. The molecule has 0 bridgehead atoms. The number of nitrogens with one attached hydrogen (secondary N) is 1. The Balaban J connectivity index is 2.65. The number of hydrogen-bond donors (Lipinski definition) is 2. The van der Waals surface area contributed by atoms with Crippen molar-refractivity contribution in [1.29, 1.82) is 0 Å². The molecule has 21 heavy (non-hydrogen) atoms. The number of carbonyl (C=O) groups is 2. The average molecular weight is 292 g/mol. The number of aliphatic carboxylic acids is 1. The van der Waals surface area contributed by atoms with Gasteiger partial charge in [0.2, 0.25) is 0 Å². The van der Waals surface area contributed by atoms with Crippen molar-refractivity contribution in [2.45, 2.75) is 39.7 Å². The first-order valence-corrected chi connectivity index (χ1v) is 7.39. The summed E-state index contributed by atoms with van der Waals surface area (Å²) in [6, 6.07) is 7.20. The molecule has 0 heterocycles. The lowest BCUT2D eigenvalue weighted by molar-refractivity contribution is -0.136. The molecular weight excluding hydrogens is 268 g/mol. The van der Waals surface area contributed by atoms with E-state index < -0.39 is 5.97 Å². The van der Waals surface area contributed by atoms with Crippen LogP contribution in [0.1, 0.15) is 37.8 Å². The summed E-state index contributed by atoms with van der Waals surface area (Å²) in [7, 11) is 0. The van der Waals surface area contributed by atoms with Gasteiger partial charge in [-0.05, 0) is 24.0 Å². The Hall–Kier alpha value is -2.04. The Morgan fingerprint density at radius 1 is 1.10 bits per heavy atom. The van der Waals surface area contributed by atoms with Crippen LogP contribution in [0.5, 0.6) is 0 Å². The third-order valence-electron chi connectivity index (χ3n) is 3.16. The molecule has 0 atom stereocenters. The van der Waals surface area contributed by atoms with Gasteiger partial charge in [-0.15, -0.1) is 0 Å². The molecule has 2 amide bonds. The van der Waals surface area contributed by atoms with E-state index in [1.165, 1.54) is 0 Å². The summed E-state index contributed by atoms with van der Waals surface area (Å²) in [6.07, 6.45) is 1.81. The number of carboxylic acids is 1. The van der Waals surface area contributed by atoms with E-state index >= 15 is 0 Å². The van der Waals surface area contributed by atoms with Gasteiger partial charge in [0.1, 0.15) is 0 Å². The van der Waals surface area contributed by atoms with Gasteiger partial charge in [0.25, 0.3) is 0 Å². The van der Waals surface area contributed by atoms with Crippen molar-refractivity contribution in [3.63, 3.8) is 0 Å². The van der Waals surface area contributed by atoms with E-state index in [9.17, 15) is 9.59 Å². The summed E-state index contributed by atoms with van der Waals surface area (Å²) < 4.78 is 0. The molecule has 0 aliphatic heterocycles. The van der Waals surface area contributed by atoms with Crippen molar-refractivity contribution in [1.82, 2.24) is 10.2 Å². The van der Waals surface area contributed by atoms with Crippen LogP contribution in [-0.2, 0) is 17.8 Å². The van der Waals surface area contributed by atoms with Gasteiger partial charge in [0.15, 0.2) is 0 Å². The molecule has 0 saturated heterocycles. The molecule has 0 unspecified atom stereocenters. The van der Waals surface area contributed by atoms with E-state index in [1.807, 2.05) is 32.0 Å². The predicted octanol–water partition coefficient (Wildman–Crippen LogP) is 2.65. The smallest absolute Gasteiger partial charge is 0.317 e. The second-order valence-corrected chi connectivity index (χ2v) is 4.98. The van der Waals surface area contributed by atoms with Crippen LogP contribution in [0.15, 0.2) is 24.3 Å². The van der Waals surface area contributed by atoms with Crippen molar-refractivity contribution in [3.8, 4) is 0 Å².